The summed E-state index contributed by atoms with van der Waals surface area (Å²) < 4.78 is 4.93. The molecule has 137 valence electrons. The molecule has 0 aliphatic rings. The van der Waals surface area contributed by atoms with Gasteiger partial charge in [-0.2, -0.15) is 17.5 Å². The Morgan fingerprint density at radius 2 is 1.75 bits per heavy atom. The van der Waals surface area contributed by atoms with Crippen LogP contribution in [-0.2, 0) is 21.5 Å². The Kier molecular flexibility index (Phi) is 18.4. The first-order valence-corrected chi connectivity index (χ1v) is 13.9. The van der Waals surface area contributed by atoms with Crippen LogP contribution in [0.15, 0.2) is 42.5 Å². The van der Waals surface area contributed by atoms with Crippen molar-refractivity contribution >= 4 is 38.4 Å². The first-order chi connectivity index (χ1) is 11.2. The molecule has 0 aromatic heterocycles. The summed E-state index contributed by atoms with van der Waals surface area (Å²) in [7, 11) is 10.8. The van der Waals surface area contributed by atoms with Crippen molar-refractivity contribution in [3.05, 3.63) is 48.2 Å². The quantitative estimate of drug-likeness (QED) is 0.483. The molecule has 2 aromatic carbocycles. The summed E-state index contributed by atoms with van der Waals surface area (Å²) in [5, 5.41) is 11.0. The van der Waals surface area contributed by atoms with Crippen LogP contribution in [0.1, 0.15) is 20.8 Å². The van der Waals surface area contributed by atoms with Gasteiger partial charge in [0.2, 0.25) is 9.04 Å². The van der Waals surface area contributed by atoms with Gasteiger partial charge in [-0.25, -0.2) is 0 Å². The van der Waals surface area contributed by atoms with Gasteiger partial charge in [-0.1, -0.05) is 26.8 Å². The van der Waals surface area contributed by atoms with E-state index in [1.54, 1.807) is 7.11 Å². The third-order valence-electron chi connectivity index (χ3n) is 2.36. The van der Waals surface area contributed by atoms with E-state index in [0.717, 1.165) is 6.04 Å². The Bertz CT molecular complexity index is 470. The first kappa shape index (κ1) is 26.5. The van der Waals surface area contributed by atoms with Crippen molar-refractivity contribution in [1.29, 1.82) is 0 Å². The zero-order chi connectivity index (χ0) is 19.0. The van der Waals surface area contributed by atoms with Gasteiger partial charge < -0.3 is 15.3 Å². The van der Waals surface area contributed by atoms with Crippen molar-refractivity contribution in [2.24, 2.45) is 0 Å². The molecule has 0 heterocycles. The second kappa shape index (κ2) is 16.7. The normalized spacial score (nSPS) is 9.92. The summed E-state index contributed by atoms with van der Waals surface area (Å²) >= 11 is -0.556. The molecule has 0 amide bonds. The molecular weight excluding hydrogens is 397 g/mol. The van der Waals surface area contributed by atoms with Crippen LogP contribution in [0.4, 0.5) is 0 Å². The number of aliphatic hydroxyl groups excluding tert-OH is 1. The molecular formula is C17H28Cl2NO2SiTi-2. The summed E-state index contributed by atoms with van der Waals surface area (Å²) in [5.41, 5.74) is 6.69. The predicted octanol–water partition coefficient (Wildman–Crippen LogP) is 6.02. The average molecular weight is 425 g/mol. The maximum atomic E-state index is 8.31. The third-order valence-corrected chi connectivity index (χ3v) is 3.98. The van der Waals surface area contributed by atoms with E-state index in [-0.39, 0.29) is 12.1 Å². The van der Waals surface area contributed by atoms with E-state index in [1.165, 1.54) is 10.8 Å². The van der Waals surface area contributed by atoms with Crippen molar-refractivity contribution in [3.8, 4) is 0 Å². The number of fused-ring (bicyclic) bond motifs is 1. The summed E-state index contributed by atoms with van der Waals surface area (Å²) in [6, 6.07) is 15.5. The van der Waals surface area contributed by atoms with Gasteiger partial charge in [0.1, 0.15) is 0 Å². The van der Waals surface area contributed by atoms with E-state index >= 15 is 0 Å². The first-order valence-electron chi connectivity index (χ1n) is 7.48. The maximum absolute atomic E-state index is 8.31. The summed E-state index contributed by atoms with van der Waals surface area (Å²) in [5.74, 6) is 0. The summed E-state index contributed by atoms with van der Waals surface area (Å²) in [6.45, 7) is 7.85. The number of benzene rings is 1. The molecule has 0 aliphatic heterocycles. The molecule has 0 atom stereocenters. The van der Waals surface area contributed by atoms with E-state index in [1.807, 2.05) is 27.3 Å². The van der Waals surface area contributed by atoms with Crippen LogP contribution >= 0.6 is 18.6 Å². The molecule has 2 N–H and O–H groups in total. The van der Waals surface area contributed by atoms with Crippen LogP contribution in [0.2, 0.25) is 12.6 Å². The van der Waals surface area contributed by atoms with Crippen LogP contribution in [-0.4, -0.2) is 33.4 Å². The molecule has 0 spiro atoms. The largest absolute Gasteiger partial charge is 0.168 e. The van der Waals surface area contributed by atoms with Crippen molar-refractivity contribution in [3.63, 3.8) is 0 Å². The molecule has 1 radical (unpaired) electrons. The van der Waals surface area contributed by atoms with Crippen molar-refractivity contribution in [2.75, 3.05) is 13.7 Å². The molecule has 3 nitrogen and oxygen atoms in total. The number of hydrogen-bond acceptors (Lipinski definition) is 2. The van der Waals surface area contributed by atoms with Gasteiger partial charge in [0.05, 0.1) is 0 Å². The minimum atomic E-state index is -0.630. The van der Waals surface area contributed by atoms with Gasteiger partial charge in [0, 0.05) is 13.7 Å². The zero-order valence-corrected chi connectivity index (χ0v) is 19.1. The van der Waals surface area contributed by atoms with Crippen molar-refractivity contribution < 1.29 is 26.6 Å². The van der Waals surface area contributed by atoms with E-state index in [0.29, 0.717) is 0 Å². The minimum Gasteiger partial charge on any atom is -0.168 e. The Labute approximate surface area is 165 Å². The van der Waals surface area contributed by atoms with Crippen molar-refractivity contribution in [1.82, 2.24) is 0 Å². The standard InChI is InChI=1S/C9H7.C4H10N.C4H11O2Si.2ClH.Ti/c1-2-5-9-7-3-6-8(9)4-1;1-4(2,3)5;1-6-7(2)4-3-5;;;/h1-7H;5H,1-3H3;5H,3-4H2,1-2H3;2*1H;/q2*-1;;;;+2/p-2. The molecule has 0 saturated heterocycles. The second-order valence-electron chi connectivity index (χ2n) is 5.86. The van der Waals surface area contributed by atoms with Gasteiger partial charge in [-0.05, 0) is 12.6 Å². The molecule has 2 aromatic rings. The third kappa shape index (κ3) is 20.3. The monoisotopic (exact) mass is 424 g/mol. The number of halogens is 2. The minimum absolute atomic E-state index is 0.250. The Morgan fingerprint density at radius 3 is 2.12 bits per heavy atom. The molecule has 0 aliphatic carbocycles. The number of aliphatic hydroxyl groups is 1. The number of rotatable bonds is 3. The topological polar surface area (TPSA) is 53.3 Å². The van der Waals surface area contributed by atoms with Gasteiger partial charge in [0.25, 0.3) is 0 Å². The van der Waals surface area contributed by atoms with Gasteiger partial charge in [0.15, 0.2) is 0 Å². The van der Waals surface area contributed by atoms with E-state index in [4.69, 9.17) is 33.9 Å². The fourth-order valence-corrected chi connectivity index (χ4v) is 1.85. The molecule has 0 saturated carbocycles. The molecule has 7 heteroatoms. The smallest absolute Gasteiger partial charge is 0.0809 e. The summed E-state index contributed by atoms with van der Waals surface area (Å²) in [6.07, 6.45) is 0. The van der Waals surface area contributed by atoms with Crippen LogP contribution < -0.4 is 0 Å². The van der Waals surface area contributed by atoms with Gasteiger partial charge in [-0.15, -0.1) is 35.2 Å². The van der Waals surface area contributed by atoms with E-state index < -0.39 is 26.1 Å². The Hall–Kier alpha value is 0.221. The second-order valence-corrected chi connectivity index (χ2v) is 10.7. The zero-order valence-electron chi connectivity index (χ0n) is 15.1. The molecule has 0 unspecified atom stereocenters. The Morgan fingerprint density at radius 1 is 1.25 bits per heavy atom. The van der Waals surface area contributed by atoms with E-state index in [2.05, 4.69) is 42.5 Å². The van der Waals surface area contributed by atoms with E-state index in [9.17, 15) is 0 Å². The fourth-order valence-electron chi connectivity index (χ4n) is 1.33. The number of hydrogen-bond donors (Lipinski definition) is 1. The van der Waals surface area contributed by atoms with Gasteiger partial charge >= 0.3 is 35.6 Å². The average Bonchev–Trinajstić information content (AvgIpc) is 2.95. The number of nitrogens with one attached hydrogen (secondary N) is 1. The SMILES string of the molecule is CC(C)(C)[NH-].CO[Si](C)CCO.[Cl][Ti][Cl].c1ccc2[cH-]ccc2c1. The summed E-state index contributed by atoms with van der Waals surface area (Å²) in [4.78, 5) is 0. The molecule has 0 fully saturated rings. The Balaban J connectivity index is 0. The predicted molar refractivity (Wildman–Crippen MR) is 106 cm³/mol. The maximum Gasteiger partial charge on any atom is -0.0809 e. The molecule has 2 rings (SSSR count). The van der Waals surface area contributed by atoms with Crippen molar-refractivity contribution in [2.45, 2.75) is 38.9 Å². The van der Waals surface area contributed by atoms with Crippen LogP contribution in [0.3, 0.4) is 0 Å². The fraction of sp³-hybridized carbons (Fsp3) is 0.471. The van der Waals surface area contributed by atoms with Crippen LogP contribution in [0.25, 0.3) is 16.5 Å². The van der Waals surface area contributed by atoms with Gasteiger partial charge in [-0.3, -0.25) is 0 Å². The molecule has 24 heavy (non-hydrogen) atoms. The van der Waals surface area contributed by atoms with Crippen LogP contribution in [0.5, 0.6) is 0 Å². The van der Waals surface area contributed by atoms with Crippen LogP contribution in [0, 0.1) is 0 Å². The molecule has 0 bridgehead atoms.